The second-order valence-corrected chi connectivity index (χ2v) is 5.42. The Hall–Kier alpha value is -1.00. The third-order valence-electron chi connectivity index (χ3n) is 3.56. The highest BCUT2D eigenvalue weighted by Crippen LogP contribution is 2.10. The Labute approximate surface area is 113 Å². The van der Waals surface area contributed by atoms with Crippen molar-refractivity contribution in [3.05, 3.63) is 35.4 Å². The van der Waals surface area contributed by atoms with Gasteiger partial charge in [0, 0.05) is 25.2 Å². The van der Waals surface area contributed by atoms with Crippen LogP contribution in [0.4, 0.5) is 8.78 Å². The van der Waals surface area contributed by atoms with Gasteiger partial charge in [-0.15, -0.1) is 0 Å². The number of hydrogen-bond donors (Lipinski definition) is 1. The number of nitrogens with zero attached hydrogens (tertiary/aromatic N) is 1. The van der Waals surface area contributed by atoms with Gasteiger partial charge in [0.1, 0.15) is 11.6 Å². The molecule has 1 aromatic rings. The van der Waals surface area contributed by atoms with Crippen molar-refractivity contribution in [2.24, 2.45) is 0 Å². The number of nitrogens with one attached hydrogen (secondary N) is 1. The highest BCUT2D eigenvalue weighted by atomic mass is 19.1. The third-order valence-corrected chi connectivity index (χ3v) is 3.56. The highest BCUT2D eigenvalue weighted by molar-refractivity contribution is 5.17. The molecule has 106 valence electrons. The van der Waals surface area contributed by atoms with Gasteiger partial charge in [-0.05, 0) is 50.6 Å². The van der Waals surface area contributed by atoms with E-state index in [-0.39, 0.29) is 0 Å². The molecular formula is C15H22F2N2. The van der Waals surface area contributed by atoms with Crippen molar-refractivity contribution in [3.8, 4) is 0 Å². The van der Waals surface area contributed by atoms with Crippen molar-refractivity contribution < 1.29 is 8.78 Å². The fourth-order valence-electron chi connectivity index (χ4n) is 2.60. The standard InChI is InChI=1S/C15H22F2N2/c1-12(11-19-5-3-2-4-6-19)18-10-13-7-14(16)9-15(17)8-13/h7-9,12,18H,2-6,10-11H2,1H3. The first kappa shape index (κ1) is 14.4. The van der Waals surface area contributed by atoms with Gasteiger partial charge in [0.15, 0.2) is 0 Å². The summed E-state index contributed by atoms with van der Waals surface area (Å²) in [5.41, 5.74) is 0.656. The van der Waals surface area contributed by atoms with Gasteiger partial charge >= 0.3 is 0 Å². The largest absolute Gasteiger partial charge is 0.309 e. The smallest absolute Gasteiger partial charge is 0.126 e. The monoisotopic (exact) mass is 268 g/mol. The summed E-state index contributed by atoms with van der Waals surface area (Å²) in [4.78, 5) is 2.45. The molecule has 2 rings (SSSR count). The number of benzene rings is 1. The molecule has 1 unspecified atom stereocenters. The van der Waals surface area contributed by atoms with Crippen LogP contribution < -0.4 is 5.32 Å². The minimum Gasteiger partial charge on any atom is -0.309 e. The minimum absolute atomic E-state index is 0.324. The van der Waals surface area contributed by atoms with Gasteiger partial charge in [-0.3, -0.25) is 0 Å². The van der Waals surface area contributed by atoms with Crippen LogP contribution in [0.1, 0.15) is 31.7 Å². The zero-order chi connectivity index (χ0) is 13.7. The van der Waals surface area contributed by atoms with Crippen LogP contribution in [0, 0.1) is 11.6 Å². The summed E-state index contributed by atoms with van der Waals surface area (Å²) in [6.07, 6.45) is 3.89. The topological polar surface area (TPSA) is 15.3 Å². The van der Waals surface area contributed by atoms with E-state index in [0.717, 1.165) is 12.6 Å². The van der Waals surface area contributed by atoms with Gasteiger partial charge in [0.25, 0.3) is 0 Å². The molecule has 0 bridgehead atoms. The Bertz CT molecular complexity index is 383. The van der Waals surface area contributed by atoms with E-state index in [1.54, 1.807) is 0 Å². The van der Waals surface area contributed by atoms with Crippen molar-refractivity contribution in [3.63, 3.8) is 0 Å². The Balaban J connectivity index is 1.77. The number of halogens is 2. The first-order valence-electron chi connectivity index (χ1n) is 7.04. The van der Waals surface area contributed by atoms with Crippen LogP contribution in [0.3, 0.4) is 0 Å². The highest BCUT2D eigenvalue weighted by Gasteiger charge is 2.13. The van der Waals surface area contributed by atoms with Crippen molar-refractivity contribution in [2.45, 2.75) is 38.8 Å². The lowest BCUT2D eigenvalue weighted by Crippen LogP contribution is -2.41. The van der Waals surface area contributed by atoms with E-state index in [0.29, 0.717) is 18.2 Å². The van der Waals surface area contributed by atoms with Crippen molar-refractivity contribution in [1.29, 1.82) is 0 Å². The zero-order valence-electron chi connectivity index (χ0n) is 11.5. The number of likely N-dealkylation sites (tertiary alicyclic amines) is 1. The number of rotatable bonds is 5. The Morgan fingerprint density at radius 2 is 1.74 bits per heavy atom. The Kier molecular flexibility index (Phi) is 5.28. The number of hydrogen-bond acceptors (Lipinski definition) is 2. The van der Waals surface area contributed by atoms with Gasteiger partial charge < -0.3 is 10.2 Å². The predicted octanol–water partition coefficient (Wildman–Crippen LogP) is 2.93. The molecule has 1 N–H and O–H groups in total. The van der Waals surface area contributed by atoms with Crippen LogP contribution in [-0.4, -0.2) is 30.6 Å². The second-order valence-electron chi connectivity index (χ2n) is 5.42. The lowest BCUT2D eigenvalue weighted by molar-refractivity contribution is 0.209. The molecule has 19 heavy (non-hydrogen) atoms. The maximum absolute atomic E-state index is 13.0. The average Bonchev–Trinajstić information content (AvgIpc) is 2.36. The zero-order valence-corrected chi connectivity index (χ0v) is 11.5. The summed E-state index contributed by atoms with van der Waals surface area (Å²) in [7, 11) is 0. The normalized spacial score (nSPS) is 18.5. The third kappa shape index (κ3) is 4.88. The quantitative estimate of drug-likeness (QED) is 0.883. The molecule has 0 radical (unpaired) electrons. The van der Waals surface area contributed by atoms with Crippen LogP contribution in [-0.2, 0) is 6.54 Å². The molecule has 1 aliphatic heterocycles. The molecule has 1 fully saturated rings. The van der Waals surface area contributed by atoms with Crippen LogP contribution in [0.2, 0.25) is 0 Å². The van der Waals surface area contributed by atoms with E-state index >= 15 is 0 Å². The maximum Gasteiger partial charge on any atom is 0.126 e. The first-order valence-corrected chi connectivity index (χ1v) is 7.04. The summed E-state index contributed by atoms with van der Waals surface area (Å²) in [6.45, 7) is 5.95. The van der Waals surface area contributed by atoms with E-state index in [9.17, 15) is 8.78 Å². The van der Waals surface area contributed by atoms with Gasteiger partial charge in [-0.2, -0.15) is 0 Å². The summed E-state index contributed by atoms with van der Waals surface area (Å²) in [6, 6.07) is 3.98. The first-order chi connectivity index (χ1) is 9.13. The average molecular weight is 268 g/mol. The summed E-state index contributed by atoms with van der Waals surface area (Å²) in [5, 5.41) is 3.33. The molecule has 4 heteroatoms. The molecule has 0 aliphatic carbocycles. The van der Waals surface area contributed by atoms with Gasteiger partial charge in [0.05, 0.1) is 0 Å². The molecule has 2 nitrogen and oxygen atoms in total. The van der Waals surface area contributed by atoms with Gasteiger partial charge in [0.2, 0.25) is 0 Å². The molecule has 0 spiro atoms. The van der Waals surface area contributed by atoms with Crippen molar-refractivity contribution >= 4 is 0 Å². The van der Waals surface area contributed by atoms with Gasteiger partial charge in [-0.1, -0.05) is 6.42 Å². The molecule has 1 aliphatic rings. The summed E-state index contributed by atoms with van der Waals surface area (Å²) in [5.74, 6) is -1.03. The Morgan fingerprint density at radius 3 is 2.37 bits per heavy atom. The number of piperidine rings is 1. The summed E-state index contributed by atoms with van der Waals surface area (Å²) < 4.78 is 26.1. The lowest BCUT2D eigenvalue weighted by Gasteiger charge is -2.29. The van der Waals surface area contributed by atoms with E-state index in [1.165, 1.54) is 44.5 Å². The molecule has 0 amide bonds. The minimum atomic E-state index is -0.513. The second kappa shape index (κ2) is 6.96. The van der Waals surface area contributed by atoms with Gasteiger partial charge in [-0.25, -0.2) is 8.78 Å². The van der Waals surface area contributed by atoms with E-state index in [4.69, 9.17) is 0 Å². The molecule has 1 aromatic carbocycles. The van der Waals surface area contributed by atoms with E-state index in [2.05, 4.69) is 17.1 Å². The van der Waals surface area contributed by atoms with Crippen molar-refractivity contribution in [1.82, 2.24) is 10.2 Å². The lowest BCUT2D eigenvalue weighted by atomic mass is 10.1. The summed E-state index contributed by atoms with van der Waals surface area (Å²) >= 11 is 0. The van der Waals surface area contributed by atoms with Crippen LogP contribution in [0.5, 0.6) is 0 Å². The van der Waals surface area contributed by atoms with Crippen LogP contribution >= 0.6 is 0 Å². The molecular weight excluding hydrogens is 246 g/mol. The molecule has 1 atom stereocenters. The maximum atomic E-state index is 13.0. The SMILES string of the molecule is CC(CN1CCCCC1)NCc1cc(F)cc(F)c1. The van der Waals surface area contributed by atoms with E-state index in [1.807, 2.05) is 0 Å². The molecule has 0 aromatic heterocycles. The predicted molar refractivity (Wildman–Crippen MR) is 73.0 cm³/mol. The van der Waals surface area contributed by atoms with E-state index < -0.39 is 11.6 Å². The van der Waals surface area contributed by atoms with Crippen LogP contribution in [0.15, 0.2) is 18.2 Å². The van der Waals surface area contributed by atoms with Crippen LogP contribution in [0.25, 0.3) is 0 Å². The van der Waals surface area contributed by atoms with Crippen molar-refractivity contribution in [2.75, 3.05) is 19.6 Å². The fourth-order valence-corrected chi connectivity index (χ4v) is 2.60. The fraction of sp³-hybridized carbons (Fsp3) is 0.600. The molecule has 0 saturated carbocycles. The molecule has 1 saturated heterocycles. The Morgan fingerprint density at radius 1 is 1.11 bits per heavy atom. The molecule has 1 heterocycles.